The maximum atomic E-state index is 5.95. The largest absolute Gasteiger partial charge is 0.383 e. The first-order valence-corrected chi connectivity index (χ1v) is 7.40. The van der Waals surface area contributed by atoms with Crippen LogP contribution in [0.3, 0.4) is 0 Å². The number of ether oxygens (including phenoxy) is 1. The van der Waals surface area contributed by atoms with Crippen LogP contribution in [0.15, 0.2) is 11.4 Å². The zero-order valence-electron chi connectivity index (χ0n) is 11.0. The third-order valence-corrected chi connectivity index (χ3v) is 4.16. The van der Waals surface area contributed by atoms with Crippen LogP contribution in [0.4, 0.5) is 5.82 Å². The van der Waals surface area contributed by atoms with E-state index in [4.69, 9.17) is 10.5 Å². The van der Waals surface area contributed by atoms with Gasteiger partial charge in [-0.2, -0.15) is 0 Å². The highest BCUT2D eigenvalue weighted by Crippen LogP contribution is 2.23. The van der Waals surface area contributed by atoms with Gasteiger partial charge in [0.1, 0.15) is 16.5 Å². The van der Waals surface area contributed by atoms with Crippen LogP contribution in [0.2, 0.25) is 0 Å². The number of rotatable bonds is 4. The van der Waals surface area contributed by atoms with Crippen molar-refractivity contribution < 1.29 is 4.74 Å². The third kappa shape index (κ3) is 2.86. The quantitative estimate of drug-likeness (QED) is 0.925. The Labute approximate surface area is 116 Å². The number of aromatic nitrogens is 2. The predicted octanol–water partition coefficient (Wildman–Crippen LogP) is 1.88. The van der Waals surface area contributed by atoms with Crippen LogP contribution in [0.25, 0.3) is 10.2 Å². The second kappa shape index (κ2) is 5.40. The van der Waals surface area contributed by atoms with Gasteiger partial charge in [-0.05, 0) is 31.3 Å². The fourth-order valence-electron chi connectivity index (χ4n) is 2.44. The van der Waals surface area contributed by atoms with Gasteiger partial charge < -0.3 is 10.5 Å². The number of thiophene rings is 1. The van der Waals surface area contributed by atoms with Gasteiger partial charge in [0.15, 0.2) is 0 Å². The normalized spacial score (nSPS) is 19.6. The summed E-state index contributed by atoms with van der Waals surface area (Å²) in [6.45, 7) is 2.52. The molecule has 1 fully saturated rings. The molecule has 0 radical (unpaired) electrons. The molecule has 1 aliphatic rings. The van der Waals surface area contributed by atoms with Crippen molar-refractivity contribution in [3.8, 4) is 0 Å². The first-order valence-electron chi connectivity index (χ1n) is 6.52. The second-order valence-corrected chi connectivity index (χ2v) is 5.89. The lowest BCUT2D eigenvalue weighted by atomic mass is 10.2. The topological polar surface area (TPSA) is 64.3 Å². The van der Waals surface area contributed by atoms with E-state index >= 15 is 0 Å². The van der Waals surface area contributed by atoms with Gasteiger partial charge in [-0.3, -0.25) is 4.90 Å². The monoisotopic (exact) mass is 278 g/mol. The van der Waals surface area contributed by atoms with E-state index in [9.17, 15) is 0 Å². The summed E-state index contributed by atoms with van der Waals surface area (Å²) in [5, 5.41) is 2.95. The molecule has 1 aliphatic heterocycles. The molecular weight excluding hydrogens is 260 g/mol. The van der Waals surface area contributed by atoms with E-state index in [0.717, 1.165) is 35.6 Å². The summed E-state index contributed by atoms with van der Waals surface area (Å²) in [7, 11) is 2.07. The standard InChI is InChI=1S/C13H18N4OS/c1-17(7-9-3-2-5-18-9)8-11-15-12(14)10-4-6-19-13(10)16-11/h4,6,9H,2-3,5,7-8H2,1H3,(H2,14,15,16). The van der Waals surface area contributed by atoms with Crippen molar-refractivity contribution in [2.45, 2.75) is 25.5 Å². The lowest BCUT2D eigenvalue weighted by Gasteiger charge is -2.19. The molecule has 5 nitrogen and oxygen atoms in total. The van der Waals surface area contributed by atoms with Crippen LogP contribution >= 0.6 is 11.3 Å². The Kier molecular flexibility index (Phi) is 3.63. The molecule has 1 saturated heterocycles. The fraction of sp³-hybridized carbons (Fsp3) is 0.538. The Morgan fingerprint density at radius 1 is 1.53 bits per heavy atom. The van der Waals surface area contributed by atoms with Crippen LogP contribution < -0.4 is 5.73 Å². The van der Waals surface area contributed by atoms with Crippen LogP contribution in [-0.4, -0.2) is 41.2 Å². The van der Waals surface area contributed by atoms with Gasteiger partial charge in [-0.1, -0.05) is 0 Å². The Morgan fingerprint density at radius 3 is 3.21 bits per heavy atom. The summed E-state index contributed by atoms with van der Waals surface area (Å²) < 4.78 is 5.64. The number of hydrogen-bond acceptors (Lipinski definition) is 6. The Morgan fingerprint density at radius 2 is 2.42 bits per heavy atom. The van der Waals surface area contributed by atoms with E-state index < -0.39 is 0 Å². The van der Waals surface area contributed by atoms with Crippen molar-refractivity contribution in [1.82, 2.24) is 14.9 Å². The Hall–Kier alpha value is -1.24. The number of nitrogens with zero attached hydrogens (tertiary/aromatic N) is 3. The smallest absolute Gasteiger partial charge is 0.146 e. The number of nitrogens with two attached hydrogens (primary N) is 1. The van der Waals surface area contributed by atoms with Crippen molar-refractivity contribution in [3.63, 3.8) is 0 Å². The molecule has 2 aromatic heterocycles. The lowest BCUT2D eigenvalue weighted by molar-refractivity contribution is 0.0787. The van der Waals surface area contributed by atoms with Crippen molar-refractivity contribution in [1.29, 1.82) is 0 Å². The minimum Gasteiger partial charge on any atom is -0.383 e. The number of nitrogen functional groups attached to an aromatic ring is 1. The minimum atomic E-state index is 0.354. The highest BCUT2D eigenvalue weighted by Gasteiger charge is 2.18. The van der Waals surface area contributed by atoms with Gasteiger partial charge in [0.25, 0.3) is 0 Å². The number of anilines is 1. The number of hydrogen-bond donors (Lipinski definition) is 1. The van der Waals surface area contributed by atoms with E-state index in [1.54, 1.807) is 11.3 Å². The van der Waals surface area contributed by atoms with E-state index in [1.165, 1.54) is 6.42 Å². The average Bonchev–Trinajstić information content (AvgIpc) is 2.99. The summed E-state index contributed by atoms with van der Waals surface area (Å²) in [4.78, 5) is 12.1. The van der Waals surface area contributed by atoms with Crippen molar-refractivity contribution >= 4 is 27.4 Å². The minimum absolute atomic E-state index is 0.354. The molecule has 2 N–H and O–H groups in total. The summed E-state index contributed by atoms with van der Waals surface area (Å²) in [5.41, 5.74) is 5.95. The molecule has 1 unspecified atom stereocenters. The summed E-state index contributed by atoms with van der Waals surface area (Å²) >= 11 is 1.60. The molecule has 0 saturated carbocycles. The van der Waals surface area contributed by atoms with Crippen molar-refractivity contribution in [3.05, 3.63) is 17.3 Å². The fourth-order valence-corrected chi connectivity index (χ4v) is 3.23. The summed E-state index contributed by atoms with van der Waals surface area (Å²) in [5.74, 6) is 1.36. The molecule has 3 heterocycles. The molecule has 102 valence electrons. The first-order chi connectivity index (χ1) is 9.22. The highest BCUT2D eigenvalue weighted by molar-refractivity contribution is 7.16. The molecule has 1 atom stereocenters. The van der Waals surface area contributed by atoms with Gasteiger partial charge in [-0.15, -0.1) is 11.3 Å². The van der Waals surface area contributed by atoms with Crippen LogP contribution in [0.1, 0.15) is 18.7 Å². The average molecular weight is 278 g/mol. The summed E-state index contributed by atoms with van der Waals surface area (Å²) in [6, 6.07) is 1.97. The number of fused-ring (bicyclic) bond motifs is 1. The molecule has 19 heavy (non-hydrogen) atoms. The van der Waals surface area contributed by atoms with E-state index in [-0.39, 0.29) is 0 Å². The van der Waals surface area contributed by atoms with E-state index in [2.05, 4.69) is 21.9 Å². The van der Waals surface area contributed by atoms with Crippen LogP contribution in [0.5, 0.6) is 0 Å². The van der Waals surface area contributed by atoms with Crippen LogP contribution in [-0.2, 0) is 11.3 Å². The molecule has 2 aromatic rings. The molecule has 0 spiro atoms. The first kappa shape index (κ1) is 12.8. The molecular formula is C13H18N4OS. The zero-order valence-corrected chi connectivity index (χ0v) is 11.8. The second-order valence-electron chi connectivity index (χ2n) is 5.00. The molecule has 0 aromatic carbocycles. The van der Waals surface area contributed by atoms with E-state index in [0.29, 0.717) is 18.5 Å². The molecule has 3 rings (SSSR count). The zero-order chi connectivity index (χ0) is 13.2. The van der Waals surface area contributed by atoms with Gasteiger partial charge in [-0.25, -0.2) is 9.97 Å². The summed E-state index contributed by atoms with van der Waals surface area (Å²) in [6.07, 6.45) is 2.67. The van der Waals surface area contributed by atoms with E-state index in [1.807, 2.05) is 11.4 Å². The molecule has 0 bridgehead atoms. The SMILES string of the molecule is CN(Cc1nc(N)c2ccsc2n1)CC1CCCO1. The molecule has 0 aliphatic carbocycles. The van der Waals surface area contributed by atoms with Gasteiger partial charge in [0.2, 0.25) is 0 Å². The van der Waals surface area contributed by atoms with Gasteiger partial charge in [0, 0.05) is 13.2 Å². The predicted molar refractivity (Wildman–Crippen MR) is 77.1 cm³/mol. The molecule has 6 heteroatoms. The maximum Gasteiger partial charge on any atom is 0.146 e. The van der Waals surface area contributed by atoms with Gasteiger partial charge >= 0.3 is 0 Å². The van der Waals surface area contributed by atoms with Crippen LogP contribution in [0, 0.1) is 0 Å². The molecule has 0 amide bonds. The maximum absolute atomic E-state index is 5.95. The Balaban J connectivity index is 1.69. The lowest BCUT2D eigenvalue weighted by Crippen LogP contribution is -2.29. The highest BCUT2D eigenvalue weighted by atomic mass is 32.1. The number of likely N-dealkylation sites (N-methyl/N-ethyl adjacent to an activating group) is 1. The van der Waals surface area contributed by atoms with Gasteiger partial charge in [0.05, 0.1) is 18.0 Å². The Bertz CT molecular complexity index is 565. The van der Waals surface area contributed by atoms with Crippen molar-refractivity contribution in [2.24, 2.45) is 0 Å². The van der Waals surface area contributed by atoms with Crippen molar-refractivity contribution in [2.75, 3.05) is 25.9 Å². The third-order valence-electron chi connectivity index (χ3n) is 3.35.